The van der Waals surface area contributed by atoms with Gasteiger partial charge in [0.2, 0.25) is 0 Å². The Labute approximate surface area is 95.5 Å². The molecule has 1 aromatic heterocycles. The average Bonchev–Trinajstić information content (AvgIpc) is 2.58. The quantitative estimate of drug-likeness (QED) is 0.688. The number of thiophene rings is 1. The van der Waals surface area contributed by atoms with Gasteiger partial charge in [-0.3, -0.25) is 0 Å². The van der Waals surface area contributed by atoms with E-state index in [0.717, 1.165) is 20.7 Å². The Balaban J connectivity index is 2.79. The fourth-order valence-electron chi connectivity index (χ4n) is 1.30. The van der Waals surface area contributed by atoms with Gasteiger partial charge in [0.05, 0.1) is 16.7 Å². The van der Waals surface area contributed by atoms with Crippen molar-refractivity contribution in [2.45, 2.75) is 5.88 Å². The van der Waals surface area contributed by atoms with Gasteiger partial charge in [-0.05, 0) is 17.7 Å². The van der Waals surface area contributed by atoms with Crippen LogP contribution in [0.3, 0.4) is 0 Å². The Morgan fingerprint density at radius 2 is 2.21 bits per heavy atom. The normalized spacial score (nSPS) is 10.4. The molecule has 0 saturated heterocycles. The smallest absolute Gasteiger partial charge is 0.0995 e. The number of nitrogens with zero attached hydrogens (tertiary/aromatic N) is 1. The van der Waals surface area contributed by atoms with Gasteiger partial charge in [0.1, 0.15) is 0 Å². The molecule has 0 fully saturated rings. The van der Waals surface area contributed by atoms with Gasteiger partial charge in [-0.2, -0.15) is 5.26 Å². The van der Waals surface area contributed by atoms with Crippen molar-refractivity contribution in [1.29, 1.82) is 5.26 Å². The van der Waals surface area contributed by atoms with Gasteiger partial charge in [-0.1, -0.05) is 11.6 Å². The Morgan fingerprint density at radius 3 is 2.86 bits per heavy atom. The van der Waals surface area contributed by atoms with Crippen LogP contribution in [0.2, 0.25) is 5.02 Å². The zero-order valence-electron chi connectivity index (χ0n) is 7.05. The summed E-state index contributed by atoms with van der Waals surface area (Å²) >= 11 is 13.3. The molecule has 0 atom stereocenters. The number of hydrogen-bond acceptors (Lipinski definition) is 2. The topological polar surface area (TPSA) is 23.8 Å². The Hall–Kier alpha value is -0.750. The predicted octanol–water partition coefficient (Wildman–Crippen LogP) is 4.17. The molecule has 14 heavy (non-hydrogen) atoms. The van der Waals surface area contributed by atoms with Crippen molar-refractivity contribution in [3.8, 4) is 6.07 Å². The molecule has 0 saturated carbocycles. The molecule has 0 spiro atoms. The van der Waals surface area contributed by atoms with Crippen molar-refractivity contribution in [3.05, 3.63) is 33.7 Å². The van der Waals surface area contributed by atoms with E-state index in [1.165, 1.54) is 11.3 Å². The molecule has 1 nitrogen and oxygen atoms in total. The summed E-state index contributed by atoms with van der Waals surface area (Å²) in [5.41, 5.74) is 1.47. The van der Waals surface area contributed by atoms with E-state index < -0.39 is 0 Å². The second-order valence-corrected chi connectivity index (χ2v) is 4.42. The molecular weight excluding hydrogens is 237 g/mol. The highest BCUT2D eigenvalue weighted by Crippen LogP contribution is 2.32. The maximum atomic E-state index is 8.88. The lowest BCUT2D eigenvalue weighted by Gasteiger charge is -1.99. The fourth-order valence-corrected chi connectivity index (χ4v) is 2.71. The highest BCUT2D eigenvalue weighted by molar-refractivity contribution is 7.17. The molecule has 0 amide bonds. The lowest BCUT2D eigenvalue weighted by Crippen LogP contribution is -1.84. The van der Waals surface area contributed by atoms with E-state index in [1.54, 1.807) is 0 Å². The summed E-state index contributed by atoms with van der Waals surface area (Å²) in [7, 11) is 0. The van der Waals surface area contributed by atoms with Crippen molar-refractivity contribution >= 4 is 44.6 Å². The molecule has 0 N–H and O–H groups in total. The van der Waals surface area contributed by atoms with E-state index in [-0.39, 0.29) is 0 Å². The highest BCUT2D eigenvalue weighted by Gasteiger charge is 2.07. The molecular formula is C10H5Cl2NS. The van der Waals surface area contributed by atoms with Gasteiger partial charge < -0.3 is 0 Å². The van der Waals surface area contributed by atoms with Crippen molar-refractivity contribution in [3.63, 3.8) is 0 Å². The Morgan fingerprint density at radius 1 is 1.43 bits per heavy atom. The zero-order valence-corrected chi connectivity index (χ0v) is 9.38. The van der Waals surface area contributed by atoms with Crippen LogP contribution in [0.5, 0.6) is 0 Å². The van der Waals surface area contributed by atoms with Gasteiger partial charge in [0.25, 0.3) is 0 Å². The third kappa shape index (κ3) is 1.48. The summed E-state index contributed by atoms with van der Waals surface area (Å²) < 4.78 is 1.03. The number of alkyl halides is 1. The van der Waals surface area contributed by atoms with E-state index >= 15 is 0 Å². The van der Waals surface area contributed by atoms with Crippen molar-refractivity contribution in [2.75, 3.05) is 0 Å². The summed E-state index contributed by atoms with van der Waals surface area (Å²) in [5.74, 6) is 0.338. The standard InChI is InChI=1S/C10H5Cl2NS/c11-3-6-1-8-9(12)5-14-10(8)2-7(6)4-13/h1-2,5H,3H2. The average molecular weight is 242 g/mol. The molecule has 1 heterocycles. The van der Waals surface area contributed by atoms with Crippen molar-refractivity contribution < 1.29 is 0 Å². The first-order valence-electron chi connectivity index (χ1n) is 3.92. The first kappa shape index (κ1) is 9.79. The zero-order chi connectivity index (χ0) is 10.1. The second-order valence-electron chi connectivity index (χ2n) is 2.83. The number of nitriles is 1. The predicted molar refractivity (Wildman–Crippen MR) is 61.1 cm³/mol. The molecule has 70 valence electrons. The molecule has 1 aromatic carbocycles. The first-order valence-corrected chi connectivity index (χ1v) is 5.71. The molecule has 0 radical (unpaired) electrons. The number of hydrogen-bond donors (Lipinski definition) is 0. The second kappa shape index (κ2) is 3.78. The molecule has 2 rings (SSSR count). The lowest BCUT2D eigenvalue weighted by molar-refractivity contribution is 1.37. The van der Waals surface area contributed by atoms with Crippen molar-refractivity contribution in [2.24, 2.45) is 0 Å². The largest absolute Gasteiger partial charge is 0.192 e. The van der Waals surface area contributed by atoms with Crippen LogP contribution in [-0.2, 0) is 5.88 Å². The number of halogens is 2. The van der Waals surface area contributed by atoms with Crippen LogP contribution in [0.25, 0.3) is 10.1 Å². The summed E-state index contributed by atoms with van der Waals surface area (Å²) in [6.45, 7) is 0. The van der Waals surface area contributed by atoms with E-state index in [1.807, 2.05) is 17.5 Å². The first-order chi connectivity index (χ1) is 6.76. The molecule has 4 heteroatoms. The van der Waals surface area contributed by atoms with Crippen LogP contribution in [0, 0.1) is 11.3 Å². The third-order valence-electron chi connectivity index (χ3n) is 2.02. The third-order valence-corrected chi connectivity index (χ3v) is 3.69. The fraction of sp³-hybridized carbons (Fsp3) is 0.100. The lowest BCUT2D eigenvalue weighted by atomic mass is 10.1. The van der Waals surface area contributed by atoms with Crippen LogP contribution in [-0.4, -0.2) is 0 Å². The van der Waals surface area contributed by atoms with Gasteiger partial charge in [0.15, 0.2) is 0 Å². The van der Waals surface area contributed by atoms with Crippen LogP contribution in [0.4, 0.5) is 0 Å². The molecule has 0 bridgehead atoms. The van der Waals surface area contributed by atoms with E-state index in [2.05, 4.69) is 6.07 Å². The Bertz CT molecular complexity index is 525. The summed E-state index contributed by atoms with van der Waals surface area (Å²) in [6.07, 6.45) is 0. The van der Waals surface area contributed by atoms with Crippen LogP contribution in [0.1, 0.15) is 11.1 Å². The molecule has 0 aliphatic heterocycles. The van der Waals surface area contributed by atoms with E-state index in [4.69, 9.17) is 28.5 Å². The minimum Gasteiger partial charge on any atom is -0.192 e. The summed E-state index contributed by atoms with van der Waals surface area (Å²) in [6, 6.07) is 5.85. The SMILES string of the molecule is N#Cc1cc2scc(Cl)c2cc1CCl. The minimum atomic E-state index is 0.338. The number of fused-ring (bicyclic) bond motifs is 1. The van der Waals surface area contributed by atoms with Gasteiger partial charge in [-0.15, -0.1) is 22.9 Å². The number of benzene rings is 1. The van der Waals surface area contributed by atoms with Gasteiger partial charge in [0, 0.05) is 21.3 Å². The minimum absolute atomic E-state index is 0.338. The molecule has 0 unspecified atom stereocenters. The van der Waals surface area contributed by atoms with Crippen molar-refractivity contribution in [1.82, 2.24) is 0 Å². The van der Waals surface area contributed by atoms with Gasteiger partial charge >= 0.3 is 0 Å². The highest BCUT2D eigenvalue weighted by atomic mass is 35.5. The molecule has 2 aromatic rings. The van der Waals surface area contributed by atoms with E-state index in [9.17, 15) is 0 Å². The van der Waals surface area contributed by atoms with Crippen LogP contribution < -0.4 is 0 Å². The monoisotopic (exact) mass is 241 g/mol. The molecule has 0 aliphatic carbocycles. The number of rotatable bonds is 1. The van der Waals surface area contributed by atoms with Crippen LogP contribution in [0.15, 0.2) is 17.5 Å². The summed E-state index contributed by atoms with van der Waals surface area (Å²) in [5, 5.41) is 12.4. The summed E-state index contributed by atoms with van der Waals surface area (Å²) in [4.78, 5) is 0. The maximum Gasteiger partial charge on any atom is 0.0995 e. The maximum absolute atomic E-state index is 8.88. The van der Waals surface area contributed by atoms with Crippen LogP contribution >= 0.6 is 34.5 Å². The van der Waals surface area contributed by atoms with E-state index in [0.29, 0.717) is 11.4 Å². The molecule has 0 aliphatic rings. The Kier molecular flexibility index (Phi) is 2.64. The van der Waals surface area contributed by atoms with Gasteiger partial charge in [-0.25, -0.2) is 0 Å².